The summed E-state index contributed by atoms with van der Waals surface area (Å²) in [6.07, 6.45) is 0.884. The lowest BCUT2D eigenvalue weighted by molar-refractivity contribution is -0.137. The van der Waals surface area contributed by atoms with Crippen LogP contribution in [0.1, 0.15) is 23.7 Å². The summed E-state index contributed by atoms with van der Waals surface area (Å²) in [5.41, 5.74) is 6.52. The molecule has 0 spiro atoms. The summed E-state index contributed by atoms with van der Waals surface area (Å²) in [6.45, 7) is 3.77. The number of thioether (sulfide) groups is 1. The van der Waals surface area contributed by atoms with E-state index in [2.05, 4.69) is 16.1 Å². The highest BCUT2D eigenvalue weighted by atomic mass is 32.2. The number of rotatable bonds is 5. The first-order chi connectivity index (χ1) is 11.6. The van der Waals surface area contributed by atoms with Crippen molar-refractivity contribution < 1.29 is 14.3 Å². The molecule has 0 bridgehead atoms. The lowest BCUT2D eigenvalue weighted by atomic mass is 10.3. The largest absolute Gasteiger partial charge is 0.493 e. The Morgan fingerprint density at radius 3 is 2.92 bits per heavy atom. The van der Waals surface area contributed by atoms with Crippen LogP contribution in [-0.4, -0.2) is 43.5 Å². The topological polar surface area (TPSA) is 86.5 Å². The highest BCUT2D eigenvalue weighted by molar-refractivity contribution is 7.99. The zero-order valence-electron chi connectivity index (χ0n) is 13.9. The van der Waals surface area contributed by atoms with Crippen molar-refractivity contribution in [3.05, 3.63) is 23.2 Å². The summed E-state index contributed by atoms with van der Waals surface area (Å²) in [5.74, 6) is 1.82. The molecule has 1 unspecified atom stereocenters. The van der Waals surface area contributed by atoms with Crippen LogP contribution < -0.4 is 15.8 Å². The van der Waals surface area contributed by atoms with Crippen molar-refractivity contribution in [2.24, 2.45) is 5.73 Å². The summed E-state index contributed by atoms with van der Waals surface area (Å²) < 4.78 is 11.0. The molecule has 2 aromatic rings. The number of hydrogen-bond donors (Lipinski definition) is 2. The molecule has 0 amide bonds. The van der Waals surface area contributed by atoms with E-state index in [4.69, 9.17) is 15.5 Å². The predicted molar refractivity (Wildman–Crippen MR) is 99.7 cm³/mol. The average Bonchev–Trinajstić information content (AvgIpc) is 3.24. The number of thiazole rings is 1. The quantitative estimate of drug-likeness (QED) is 0.619. The maximum atomic E-state index is 9.59. The number of aromatic nitrogens is 1. The average molecular weight is 370 g/mol. The molecule has 1 aliphatic heterocycles. The zero-order valence-corrected chi connectivity index (χ0v) is 15.5. The number of esters is 1. The molecule has 0 radical (unpaired) electrons. The fourth-order valence-electron chi connectivity index (χ4n) is 1.98. The van der Waals surface area contributed by atoms with E-state index < -0.39 is 0 Å². The van der Waals surface area contributed by atoms with E-state index in [-0.39, 0.29) is 5.97 Å². The summed E-state index contributed by atoms with van der Waals surface area (Å²) in [7, 11) is 1.35. The molecule has 1 aromatic carbocycles. The van der Waals surface area contributed by atoms with E-state index in [0.29, 0.717) is 18.5 Å². The summed E-state index contributed by atoms with van der Waals surface area (Å²) >= 11 is 3.67. The summed E-state index contributed by atoms with van der Waals surface area (Å²) in [4.78, 5) is 14.3. The Morgan fingerprint density at radius 2 is 2.29 bits per heavy atom. The van der Waals surface area contributed by atoms with Crippen molar-refractivity contribution in [3.63, 3.8) is 0 Å². The number of hydrogen-bond acceptors (Lipinski definition) is 8. The maximum absolute atomic E-state index is 9.59. The number of nitrogens with zero attached hydrogens (tertiary/aromatic N) is 1. The Hall–Kier alpha value is -1.35. The van der Waals surface area contributed by atoms with E-state index in [1.165, 1.54) is 18.7 Å². The first-order valence-electron chi connectivity index (χ1n) is 7.77. The molecule has 0 aliphatic carbocycles. The van der Waals surface area contributed by atoms with Crippen LogP contribution in [0.25, 0.3) is 10.2 Å². The summed E-state index contributed by atoms with van der Waals surface area (Å²) in [6, 6.07) is 6.09. The SMILES string of the molecule is COC(C)=O.NCCCOc1ccc2nc(C3NCCS3)sc2c1. The van der Waals surface area contributed by atoms with Crippen LogP contribution in [0.15, 0.2) is 18.2 Å². The second-order valence-electron chi connectivity index (χ2n) is 5.07. The highest BCUT2D eigenvalue weighted by Crippen LogP contribution is 2.36. The van der Waals surface area contributed by atoms with Gasteiger partial charge in [-0.25, -0.2) is 4.98 Å². The highest BCUT2D eigenvalue weighted by Gasteiger charge is 2.20. The van der Waals surface area contributed by atoms with Gasteiger partial charge < -0.3 is 15.2 Å². The molecule has 3 rings (SSSR count). The van der Waals surface area contributed by atoms with E-state index in [1.54, 1.807) is 11.3 Å². The maximum Gasteiger partial charge on any atom is 0.302 e. The van der Waals surface area contributed by atoms with Gasteiger partial charge in [0.2, 0.25) is 0 Å². The van der Waals surface area contributed by atoms with Crippen molar-refractivity contribution in [1.82, 2.24) is 10.3 Å². The van der Waals surface area contributed by atoms with Crippen molar-refractivity contribution >= 4 is 39.3 Å². The molecular weight excluding hydrogens is 346 g/mol. The standard InChI is InChI=1S/C13H17N3OS2.C3H6O2/c14-4-1-6-17-9-2-3-10-11(8-9)19-13(16-10)12-15-5-7-18-12;1-3(4)5-2/h2-3,8,12,15H,1,4-7,14H2;1-2H3. The first-order valence-corrected chi connectivity index (χ1v) is 9.63. The van der Waals surface area contributed by atoms with E-state index in [0.717, 1.165) is 35.0 Å². The van der Waals surface area contributed by atoms with Gasteiger partial charge in [0.15, 0.2) is 0 Å². The molecule has 3 N–H and O–H groups in total. The Balaban J connectivity index is 0.000000368. The van der Waals surface area contributed by atoms with Gasteiger partial charge in [-0.05, 0) is 31.2 Å². The van der Waals surface area contributed by atoms with Crippen molar-refractivity contribution in [2.75, 3.05) is 32.6 Å². The molecule has 8 heteroatoms. The van der Waals surface area contributed by atoms with Crippen LogP contribution >= 0.6 is 23.1 Å². The number of nitrogens with two attached hydrogens (primary N) is 1. The molecule has 1 fully saturated rings. The Bertz CT molecular complexity index is 657. The van der Waals surface area contributed by atoms with Gasteiger partial charge in [0.25, 0.3) is 0 Å². The van der Waals surface area contributed by atoms with Gasteiger partial charge in [0, 0.05) is 19.2 Å². The number of carbonyl (C=O) groups is 1. The van der Waals surface area contributed by atoms with Gasteiger partial charge in [0.05, 0.1) is 23.9 Å². The number of benzene rings is 1. The minimum atomic E-state index is -0.245. The second kappa shape index (κ2) is 9.83. The van der Waals surface area contributed by atoms with E-state index in [9.17, 15) is 4.79 Å². The monoisotopic (exact) mass is 369 g/mol. The van der Waals surface area contributed by atoms with Crippen molar-refractivity contribution in [2.45, 2.75) is 18.7 Å². The zero-order chi connectivity index (χ0) is 17.4. The Labute approximate surface area is 150 Å². The van der Waals surface area contributed by atoms with Crippen LogP contribution in [0.5, 0.6) is 5.75 Å². The second-order valence-corrected chi connectivity index (χ2v) is 7.35. The smallest absolute Gasteiger partial charge is 0.302 e. The minimum absolute atomic E-state index is 0.245. The predicted octanol–water partition coefficient (Wildman–Crippen LogP) is 2.54. The number of nitrogens with one attached hydrogen (secondary N) is 1. The minimum Gasteiger partial charge on any atom is -0.493 e. The van der Waals surface area contributed by atoms with Crippen LogP contribution in [0.2, 0.25) is 0 Å². The molecular formula is C16H23N3O3S2. The van der Waals surface area contributed by atoms with Crippen LogP contribution in [0.3, 0.4) is 0 Å². The van der Waals surface area contributed by atoms with Gasteiger partial charge >= 0.3 is 5.97 Å². The number of methoxy groups -OCH3 is 1. The lowest BCUT2D eigenvalue weighted by Crippen LogP contribution is -2.11. The third-order valence-corrected chi connectivity index (χ3v) is 5.62. The first kappa shape index (κ1) is 19.0. The molecule has 24 heavy (non-hydrogen) atoms. The van der Waals surface area contributed by atoms with E-state index >= 15 is 0 Å². The van der Waals surface area contributed by atoms with Gasteiger partial charge in [-0.2, -0.15) is 0 Å². The normalized spacial score (nSPS) is 16.5. The summed E-state index contributed by atoms with van der Waals surface area (Å²) in [5, 5.41) is 4.98. The Kier molecular flexibility index (Phi) is 7.77. The van der Waals surface area contributed by atoms with Gasteiger partial charge in [-0.1, -0.05) is 0 Å². The molecule has 1 aromatic heterocycles. The molecule has 1 atom stereocenters. The molecule has 6 nitrogen and oxygen atoms in total. The molecule has 132 valence electrons. The molecule has 1 saturated heterocycles. The molecule has 1 aliphatic rings. The van der Waals surface area contributed by atoms with Crippen LogP contribution in [0, 0.1) is 0 Å². The molecule has 0 saturated carbocycles. The lowest BCUT2D eigenvalue weighted by Gasteiger charge is -2.04. The number of carbonyl (C=O) groups excluding carboxylic acids is 1. The number of ether oxygens (including phenoxy) is 2. The van der Waals surface area contributed by atoms with Gasteiger partial charge in [-0.3, -0.25) is 10.1 Å². The van der Waals surface area contributed by atoms with E-state index in [1.807, 2.05) is 23.9 Å². The molecule has 2 heterocycles. The van der Waals surface area contributed by atoms with Crippen LogP contribution in [0.4, 0.5) is 0 Å². The Morgan fingerprint density at radius 1 is 1.50 bits per heavy atom. The van der Waals surface area contributed by atoms with Gasteiger partial charge in [-0.15, -0.1) is 23.1 Å². The third kappa shape index (κ3) is 5.62. The van der Waals surface area contributed by atoms with Crippen molar-refractivity contribution in [3.8, 4) is 5.75 Å². The third-order valence-electron chi connectivity index (χ3n) is 3.22. The fraction of sp³-hybridized carbons (Fsp3) is 0.500. The fourth-order valence-corrected chi connectivity index (χ4v) is 4.19. The van der Waals surface area contributed by atoms with Gasteiger partial charge in [0.1, 0.15) is 16.1 Å². The number of fused-ring (bicyclic) bond motifs is 1. The van der Waals surface area contributed by atoms with Crippen LogP contribution in [-0.2, 0) is 9.53 Å². The van der Waals surface area contributed by atoms with Crippen molar-refractivity contribution in [1.29, 1.82) is 0 Å².